The lowest BCUT2D eigenvalue weighted by Crippen LogP contribution is -2.56. The van der Waals surface area contributed by atoms with Crippen LogP contribution < -0.4 is 15.0 Å². The van der Waals surface area contributed by atoms with Gasteiger partial charge >= 0.3 is 12.2 Å². The lowest BCUT2D eigenvalue weighted by Gasteiger charge is -2.42. The zero-order chi connectivity index (χ0) is 39.9. The second-order valence-corrected chi connectivity index (χ2v) is 18.8. The van der Waals surface area contributed by atoms with E-state index in [4.69, 9.17) is 30.8 Å². The summed E-state index contributed by atoms with van der Waals surface area (Å²) in [5, 5.41) is 3.10. The van der Waals surface area contributed by atoms with Gasteiger partial charge in [0.2, 0.25) is 5.88 Å². The average molecular weight is 815 g/mol. The summed E-state index contributed by atoms with van der Waals surface area (Å²) in [6.45, 7) is 12.9. The maximum Gasteiger partial charge on any atom is 0.413 e. The molecule has 2 aromatic carbocycles. The number of fused-ring (bicyclic) bond motifs is 5. The minimum Gasteiger partial charge on any atom is -0.476 e. The maximum absolute atomic E-state index is 17.3. The number of ether oxygens (including phenoxy) is 3. The van der Waals surface area contributed by atoms with Gasteiger partial charge in [0.15, 0.2) is 10.9 Å². The van der Waals surface area contributed by atoms with Gasteiger partial charge in [0.25, 0.3) is 0 Å². The highest BCUT2D eigenvalue weighted by molar-refractivity contribution is 7.22. The van der Waals surface area contributed by atoms with E-state index in [0.717, 1.165) is 43.6 Å². The Bertz CT molecular complexity index is 2210. The van der Waals surface area contributed by atoms with Gasteiger partial charge in [-0.3, -0.25) is 15.1 Å². The number of amides is 2. The fourth-order valence-electron chi connectivity index (χ4n) is 8.82. The molecular weight excluding hydrogens is 769 g/mol. The second-order valence-electron chi connectivity index (χ2n) is 17.4. The van der Waals surface area contributed by atoms with Gasteiger partial charge in [-0.2, -0.15) is 0 Å². The van der Waals surface area contributed by atoms with Crippen LogP contribution in [0, 0.1) is 11.6 Å². The molecule has 2 aromatic heterocycles. The molecule has 0 radical (unpaired) electrons. The highest BCUT2D eigenvalue weighted by Crippen LogP contribution is 2.46. The van der Waals surface area contributed by atoms with Gasteiger partial charge in [-0.15, -0.1) is 0 Å². The molecule has 11 nitrogen and oxygen atoms in total. The number of nitrogens with zero attached hydrogens (tertiary/aromatic N) is 5. The van der Waals surface area contributed by atoms with Crippen molar-refractivity contribution in [3.05, 3.63) is 40.9 Å². The molecule has 4 aliphatic heterocycles. The molecule has 2 bridgehead atoms. The summed E-state index contributed by atoms with van der Waals surface area (Å²) < 4.78 is 64.8. The van der Waals surface area contributed by atoms with E-state index < -0.39 is 40.6 Å². The van der Waals surface area contributed by atoms with Gasteiger partial charge in [0.05, 0.1) is 38.5 Å². The number of piperazine rings is 1. The summed E-state index contributed by atoms with van der Waals surface area (Å²) in [6.07, 6.45) is 1.58. The Morgan fingerprint density at radius 3 is 2.41 bits per heavy atom. The third-order valence-corrected chi connectivity index (χ3v) is 12.3. The number of pyridine rings is 1. The van der Waals surface area contributed by atoms with Gasteiger partial charge in [-0.25, -0.2) is 32.7 Å². The van der Waals surface area contributed by atoms with Crippen LogP contribution in [0.5, 0.6) is 5.88 Å². The van der Waals surface area contributed by atoms with Crippen molar-refractivity contribution in [1.82, 2.24) is 19.8 Å². The number of nitrogens with one attached hydrogen (secondary N) is 1. The van der Waals surface area contributed by atoms with E-state index in [1.807, 2.05) is 25.7 Å². The molecule has 4 fully saturated rings. The van der Waals surface area contributed by atoms with Crippen LogP contribution in [0.25, 0.3) is 32.2 Å². The smallest absolute Gasteiger partial charge is 0.413 e. The van der Waals surface area contributed by atoms with Crippen molar-refractivity contribution in [3.8, 4) is 17.0 Å². The second kappa shape index (κ2) is 14.1. The third-order valence-electron chi connectivity index (χ3n) is 11.0. The van der Waals surface area contributed by atoms with Crippen molar-refractivity contribution in [1.29, 1.82) is 0 Å². The van der Waals surface area contributed by atoms with Crippen LogP contribution in [0.1, 0.15) is 73.6 Å². The van der Waals surface area contributed by atoms with Crippen LogP contribution in [0.2, 0.25) is 5.02 Å². The normalized spacial score (nSPS) is 23.9. The fourth-order valence-corrected chi connectivity index (χ4v) is 10.0. The zero-order valence-corrected chi connectivity index (χ0v) is 33.9. The minimum atomic E-state index is -0.948. The molecule has 1 N–H and O–H groups in total. The van der Waals surface area contributed by atoms with Crippen molar-refractivity contribution in [3.63, 3.8) is 0 Å². The minimum absolute atomic E-state index is 0.0193. The highest BCUT2D eigenvalue weighted by atomic mass is 35.5. The standard InChI is InChI=1S/C40H46ClF3N6O5S/c1-38(2,3)54-36(51)47-35-46-33-24(10-11-27(43)34(33)56-35)30-26(41)14-25-28(48-18-22-8-9-23(19-48)50(22)37(52)55-39(4,5)6)15-29(45-32(25)31(30)44)53-20-40-12-7-13-49(40)17-21(42)16-40/h10-11,14-15,21-23H,7-9,12-13,16-20H2,1-6H3,(H,46,47,51)/t21-,22-,23+,40+/m1/s1. The van der Waals surface area contributed by atoms with E-state index in [1.54, 1.807) is 32.9 Å². The number of hydrogen-bond acceptors (Lipinski definition) is 10. The summed E-state index contributed by atoms with van der Waals surface area (Å²) in [5.74, 6) is -1.19. The number of thiazole rings is 1. The summed E-state index contributed by atoms with van der Waals surface area (Å²) >= 11 is 7.87. The topological polar surface area (TPSA) is 109 Å². The highest BCUT2D eigenvalue weighted by Gasteiger charge is 2.50. The number of alkyl halides is 1. The van der Waals surface area contributed by atoms with Crippen molar-refractivity contribution >= 4 is 67.1 Å². The van der Waals surface area contributed by atoms with Crippen LogP contribution in [-0.2, 0) is 9.47 Å². The van der Waals surface area contributed by atoms with Gasteiger partial charge in [-0.1, -0.05) is 22.9 Å². The molecule has 8 rings (SSSR count). The molecule has 6 heterocycles. The van der Waals surface area contributed by atoms with E-state index in [0.29, 0.717) is 37.1 Å². The van der Waals surface area contributed by atoms with E-state index in [2.05, 4.69) is 20.1 Å². The molecular formula is C40H46ClF3N6O5S. The Labute approximate surface area is 332 Å². The number of benzene rings is 2. The Morgan fingerprint density at radius 1 is 1.00 bits per heavy atom. The van der Waals surface area contributed by atoms with Crippen molar-refractivity contribution in [2.24, 2.45) is 0 Å². The lowest BCUT2D eigenvalue weighted by atomic mass is 9.95. The van der Waals surface area contributed by atoms with E-state index in [-0.39, 0.29) is 67.7 Å². The molecule has 16 heteroatoms. The van der Waals surface area contributed by atoms with Crippen LogP contribution in [0.3, 0.4) is 0 Å². The molecule has 2 amide bonds. The predicted molar refractivity (Wildman–Crippen MR) is 211 cm³/mol. The molecule has 4 aliphatic rings. The van der Waals surface area contributed by atoms with Crippen molar-refractivity contribution in [2.75, 3.05) is 43.0 Å². The van der Waals surface area contributed by atoms with Gasteiger partial charge in [0, 0.05) is 48.6 Å². The molecule has 4 aromatic rings. The summed E-state index contributed by atoms with van der Waals surface area (Å²) in [4.78, 5) is 41.1. The fraction of sp³-hybridized carbons (Fsp3) is 0.550. The van der Waals surface area contributed by atoms with Crippen LogP contribution >= 0.6 is 22.9 Å². The average Bonchev–Trinajstić information content (AvgIpc) is 3.83. The van der Waals surface area contributed by atoms with Crippen LogP contribution in [0.15, 0.2) is 24.3 Å². The molecule has 4 atom stereocenters. The van der Waals surface area contributed by atoms with Crippen LogP contribution in [-0.4, -0.2) is 99.7 Å². The Morgan fingerprint density at radius 2 is 1.71 bits per heavy atom. The quantitative estimate of drug-likeness (QED) is 0.204. The zero-order valence-electron chi connectivity index (χ0n) is 32.3. The predicted octanol–water partition coefficient (Wildman–Crippen LogP) is 9.33. The number of carbonyl (C=O) groups is 2. The number of hydrogen-bond donors (Lipinski definition) is 1. The lowest BCUT2D eigenvalue weighted by molar-refractivity contribution is 0.0123. The largest absolute Gasteiger partial charge is 0.476 e. The first-order chi connectivity index (χ1) is 26.4. The van der Waals surface area contributed by atoms with Crippen molar-refractivity contribution in [2.45, 2.75) is 109 Å². The van der Waals surface area contributed by atoms with Gasteiger partial charge in [0.1, 0.15) is 35.3 Å². The first kappa shape index (κ1) is 38.8. The van der Waals surface area contributed by atoms with Gasteiger partial charge in [-0.05, 0) is 92.0 Å². The first-order valence-corrected chi connectivity index (χ1v) is 20.3. The number of aromatic nitrogens is 2. The first-order valence-electron chi connectivity index (χ1n) is 19.1. The summed E-state index contributed by atoms with van der Waals surface area (Å²) in [7, 11) is 0. The molecule has 4 saturated heterocycles. The number of rotatable bonds is 6. The number of anilines is 2. The Kier molecular flexibility index (Phi) is 9.75. The number of halogens is 4. The van der Waals surface area contributed by atoms with Crippen molar-refractivity contribution < 1.29 is 37.0 Å². The molecule has 0 aliphatic carbocycles. The summed E-state index contributed by atoms with van der Waals surface area (Å²) in [6, 6.07) is 5.76. The Hall–Kier alpha value is -4.08. The maximum atomic E-state index is 17.3. The molecule has 300 valence electrons. The van der Waals surface area contributed by atoms with E-state index >= 15 is 8.78 Å². The Balaban J connectivity index is 1.20. The number of carbonyl (C=O) groups excluding carboxylic acids is 2. The van der Waals surface area contributed by atoms with Crippen LogP contribution in [0.4, 0.5) is 33.6 Å². The SMILES string of the molecule is CC(C)(C)OC(=O)Nc1nc2c(-c3c(Cl)cc4c(N5C[C@H]6CC[C@@H](C5)N6C(=O)OC(C)(C)C)cc(OC[C@@]56CCCN5C[C@H](F)C6)nc4c3F)ccc(F)c2s1. The summed E-state index contributed by atoms with van der Waals surface area (Å²) in [5.41, 5.74) is -1.00. The van der Waals surface area contributed by atoms with E-state index in [1.165, 1.54) is 12.1 Å². The van der Waals surface area contributed by atoms with Gasteiger partial charge < -0.3 is 19.1 Å². The van der Waals surface area contributed by atoms with E-state index in [9.17, 15) is 14.0 Å². The molecule has 0 spiro atoms. The monoisotopic (exact) mass is 814 g/mol. The third kappa shape index (κ3) is 7.30. The molecule has 0 saturated carbocycles. The molecule has 56 heavy (non-hydrogen) atoms. The molecule has 0 unspecified atom stereocenters.